The van der Waals surface area contributed by atoms with E-state index in [-0.39, 0.29) is 25.1 Å². The van der Waals surface area contributed by atoms with Gasteiger partial charge in [-0.3, -0.25) is 4.79 Å². The number of hydrogen-bond donors (Lipinski definition) is 1. The Morgan fingerprint density at radius 2 is 2.12 bits per heavy atom. The van der Waals surface area contributed by atoms with E-state index in [1.54, 1.807) is 23.1 Å². The summed E-state index contributed by atoms with van der Waals surface area (Å²) in [4.78, 5) is 14.1. The monoisotopic (exact) mass is 394 g/mol. The second-order valence-electron chi connectivity index (χ2n) is 5.72. The standard InChI is InChI=1S/C15H20Cl2N2O4S/c1-24(21,22)18-9-12-4-2-3-7-19(12)15(20)10-23-14-8-11(16)5-6-13(14)17/h5-6,8,12,18H,2-4,7,9-10H2,1H3. The fourth-order valence-corrected chi connectivity index (χ4v) is 3.43. The van der Waals surface area contributed by atoms with Crippen molar-refractivity contribution in [2.24, 2.45) is 0 Å². The molecule has 1 unspecified atom stereocenters. The lowest BCUT2D eigenvalue weighted by molar-refractivity contribution is -0.136. The number of likely N-dealkylation sites (tertiary alicyclic amines) is 1. The molecule has 1 saturated heterocycles. The molecule has 1 aromatic carbocycles. The molecule has 2 rings (SSSR count). The van der Waals surface area contributed by atoms with Crippen molar-refractivity contribution >= 4 is 39.1 Å². The summed E-state index contributed by atoms with van der Waals surface area (Å²) >= 11 is 11.9. The number of sulfonamides is 1. The maximum absolute atomic E-state index is 12.5. The van der Waals surface area contributed by atoms with Crippen LogP contribution >= 0.6 is 23.2 Å². The molecule has 1 amide bonds. The third-order valence-corrected chi connectivity index (χ3v) is 5.01. The van der Waals surface area contributed by atoms with Crippen LogP contribution < -0.4 is 9.46 Å². The van der Waals surface area contributed by atoms with Gasteiger partial charge in [-0.15, -0.1) is 0 Å². The van der Waals surface area contributed by atoms with Crippen molar-refractivity contribution in [3.05, 3.63) is 28.2 Å². The van der Waals surface area contributed by atoms with Gasteiger partial charge in [-0.1, -0.05) is 23.2 Å². The molecule has 24 heavy (non-hydrogen) atoms. The molecule has 0 aromatic heterocycles. The Kier molecular flexibility index (Phi) is 6.74. The number of nitrogens with one attached hydrogen (secondary N) is 1. The first-order chi connectivity index (χ1) is 11.3. The lowest BCUT2D eigenvalue weighted by atomic mass is 10.0. The van der Waals surface area contributed by atoms with E-state index in [1.165, 1.54) is 0 Å². The number of ether oxygens (including phenoxy) is 1. The zero-order chi connectivity index (χ0) is 17.7. The van der Waals surface area contributed by atoms with Gasteiger partial charge in [-0.2, -0.15) is 0 Å². The first-order valence-corrected chi connectivity index (χ1v) is 10.2. The van der Waals surface area contributed by atoms with Gasteiger partial charge in [0.25, 0.3) is 5.91 Å². The topological polar surface area (TPSA) is 75.7 Å². The normalized spacial score (nSPS) is 18.5. The summed E-state index contributed by atoms with van der Waals surface area (Å²) in [6.45, 7) is 0.625. The van der Waals surface area contributed by atoms with Crippen LogP contribution in [0.15, 0.2) is 18.2 Å². The molecule has 0 saturated carbocycles. The average molecular weight is 395 g/mol. The Morgan fingerprint density at radius 3 is 2.83 bits per heavy atom. The first kappa shape index (κ1) is 19.3. The van der Waals surface area contributed by atoms with Crippen LogP contribution in [-0.4, -0.2) is 51.2 Å². The second kappa shape index (κ2) is 8.38. The van der Waals surface area contributed by atoms with Crippen LogP contribution in [0.3, 0.4) is 0 Å². The van der Waals surface area contributed by atoms with Gasteiger partial charge in [0, 0.05) is 30.2 Å². The number of halogens is 2. The van der Waals surface area contributed by atoms with E-state index >= 15 is 0 Å². The smallest absolute Gasteiger partial charge is 0.260 e. The molecule has 1 atom stereocenters. The molecule has 0 spiro atoms. The molecular weight excluding hydrogens is 375 g/mol. The van der Waals surface area contributed by atoms with Gasteiger partial charge in [0.05, 0.1) is 11.3 Å². The number of nitrogens with zero attached hydrogens (tertiary/aromatic N) is 1. The summed E-state index contributed by atoms with van der Waals surface area (Å²) in [5.74, 6) is 0.145. The molecule has 134 valence electrons. The van der Waals surface area contributed by atoms with Crippen LogP contribution in [0.4, 0.5) is 0 Å². The van der Waals surface area contributed by atoms with Crippen LogP contribution in [-0.2, 0) is 14.8 Å². The molecule has 9 heteroatoms. The molecule has 1 aliphatic rings. The highest BCUT2D eigenvalue weighted by Crippen LogP contribution is 2.28. The molecule has 0 aliphatic carbocycles. The van der Waals surface area contributed by atoms with E-state index in [2.05, 4.69) is 4.72 Å². The minimum Gasteiger partial charge on any atom is -0.482 e. The van der Waals surface area contributed by atoms with Crippen LogP contribution in [0.1, 0.15) is 19.3 Å². The Bertz CT molecular complexity index is 697. The molecule has 0 bridgehead atoms. The Balaban J connectivity index is 1.96. The van der Waals surface area contributed by atoms with E-state index in [0.717, 1.165) is 25.5 Å². The van der Waals surface area contributed by atoms with Crippen molar-refractivity contribution in [1.82, 2.24) is 9.62 Å². The average Bonchev–Trinajstić information content (AvgIpc) is 2.53. The summed E-state index contributed by atoms with van der Waals surface area (Å²) in [5.41, 5.74) is 0. The van der Waals surface area contributed by atoms with E-state index < -0.39 is 10.0 Å². The number of carbonyl (C=O) groups is 1. The van der Waals surface area contributed by atoms with E-state index in [1.807, 2.05) is 0 Å². The minimum atomic E-state index is -3.29. The Labute approximate surface area is 152 Å². The fraction of sp³-hybridized carbons (Fsp3) is 0.533. The summed E-state index contributed by atoms with van der Waals surface area (Å²) in [7, 11) is -3.29. The molecule has 1 fully saturated rings. The van der Waals surface area contributed by atoms with Crippen molar-refractivity contribution in [2.75, 3.05) is 26.0 Å². The molecule has 6 nitrogen and oxygen atoms in total. The predicted octanol–water partition coefficient (Wildman–Crippen LogP) is 2.30. The summed E-state index contributed by atoms with van der Waals surface area (Å²) < 4.78 is 30.5. The van der Waals surface area contributed by atoms with Crippen LogP contribution in [0.25, 0.3) is 0 Å². The number of carbonyl (C=O) groups excluding carboxylic acids is 1. The summed E-state index contributed by atoms with van der Waals surface area (Å²) in [6, 6.07) is 4.62. The van der Waals surface area contributed by atoms with Crippen LogP contribution in [0.5, 0.6) is 5.75 Å². The summed E-state index contributed by atoms with van der Waals surface area (Å²) in [6.07, 6.45) is 3.71. The highest BCUT2D eigenvalue weighted by molar-refractivity contribution is 7.88. The zero-order valence-electron chi connectivity index (χ0n) is 13.3. The van der Waals surface area contributed by atoms with Crippen molar-refractivity contribution in [3.63, 3.8) is 0 Å². The van der Waals surface area contributed by atoms with Gasteiger partial charge in [-0.05, 0) is 31.4 Å². The molecular formula is C15H20Cl2N2O4S. The van der Waals surface area contributed by atoms with E-state index in [0.29, 0.717) is 22.3 Å². The minimum absolute atomic E-state index is 0.167. The van der Waals surface area contributed by atoms with Crippen molar-refractivity contribution in [1.29, 1.82) is 0 Å². The third kappa shape index (κ3) is 5.81. The van der Waals surface area contributed by atoms with Gasteiger partial charge in [-0.25, -0.2) is 13.1 Å². The first-order valence-electron chi connectivity index (χ1n) is 7.58. The lowest BCUT2D eigenvalue weighted by Gasteiger charge is -2.35. The number of amides is 1. The second-order valence-corrected chi connectivity index (χ2v) is 8.40. The fourth-order valence-electron chi connectivity index (χ4n) is 2.60. The summed E-state index contributed by atoms with van der Waals surface area (Å²) in [5, 5.41) is 0.844. The number of hydrogen-bond acceptors (Lipinski definition) is 4. The number of piperidine rings is 1. The third-order valence-electron chi connectivity index (χ3n) is 3.77. The Morgan fingerprint density at radius 1 is 1.38 bits per heavy atom. The van der Waals surface area contributed by atoms with Crippen LogP contribution in [0.2, 0.25) is 10.0 Å². The maximum Gasteiger partial charge on any atom is 0.260 e. The van der Waals surface area contributed by atoms with E-state index in [4.69, 9.17) is 27.9 Å². The van der Waals surface area contributed by atoms with Crippen molar-refractivity contribution in [2.45, 2.75) is 25.3 Å². The SMILES string of the molecule is CS(=O)(=O)NCC1CCCCN1C(=O)COc1cc(Cl)ccc1Cl. The molecule has 1 aliphatic heterocycles. The van der Waals surface area contributed by atoms with Crippen molar-refractivity contribution < 1.29 is 17.9 Å². The quantitative estimate of drug-likeness (QED) is 0.802. The maximum atomic E-state index is 12.5. The lowest BCUT2D eigenvalue weighted by Crippen LogP contribution is -2.50. The van der Waals surface area contributed by atoms with Gasteiger partial charge >= 0.3 is 0 Å². The zero-order valence-corrected chi connectivity index (χ0v) is 15.6. The highest BCUT2D eigenvalue weighted by atomic mass is 35.5. The van der Waals surface area contributed by atoms with Crippen molar-refractivity contribution in [3.8, 4) is 5.75 Å². The molecule has 1 N–H and O–H groups in total. The predicted molar refractivity (Wildman–Crippen MR) is 94.2 cm³/mol. The Hall–Kier alpha value is -1.02. The number of rotatable bonds is 6. The van der Waals surface area contributed by atoms with Gasteiger partial charge in [0.2, 0.25) is 10.0 Å². The molecule has 0 radical (unpaired) electrons. The van der Waals surface area contributed by atoms with Gasteiger partial charge in [0.1, 0.15) is 5.75 Å². The largest absolute Gasteiger partial charge is 0.482 e. The highest BCUT2D eigenvalue weighted by Gasteiger charge is 2.27. The van der Waals surface area contributed by atoms with E-state index in [9.17, 15) is 13.2 Å². The van der Waals surface area contributed by atoms with Gasteiger partial charge in [0.15, 0.2) is 6.61 Å². The number of benzene rings is 1. The molecule has 1 heterocycles. The van der Waals surface area contributed by atoms with Gasteiger partial charge < -0.3 is 9.64 Å². The molecule has 1 aromatic rings. The van der Waals surface area contributed by atoms with Crippen LogP contribution in [0, 0.1) is 0 Å².